The van der Waals surface area contributed by atoms with Crippen molar-refractivity contribution in [1.82, 2.24) is 0 Å². The highest BCUT2D eigenvalue weighted by atomic mass is 32.1. The van der Waals surface area contributed by atoms with Crippen molar-refractivity contribution in [3.63, 3.8) is 0 Å². The highest BCUT2D eigenvalue weighted by molar-refractivity contribution is 7.13. The molecule has 0 saturated carbocycles. The van der Waals surface area contributed by atoms with Gasteiger partial charge in [-0.2, -0.15) is 0 Å². The Morgan fingerprint density at radius 1 is 1.22 bits per heavy atom. The zero-order valence-corrected chi connectivity index (χ0v) is 13.4. The number of anilines is 2. The Bertz CT molecular complexity index is 777. The van der Waals surface area contributed by atoms with E-state index in [1.807, 2.05) is 11.9 Å². The SMILES string of the molecule is CN1CCN(C(=O)c2scc3c2OCCO3)c2cc(F)ccc21. The van der Waals surface area contributed by atoms with Crippen LogP contribution < -0.4 is 19.3 Å². The van der Waals surface area contributed by atoms with Crippen LogP contribution >= 0.6 is 11.3 Å². The van der Waals surface area contributed by atoms with E-state index >= 15 is 0 Å². The van der Waals surface area contributed by atoms with E-state index in [-0.39, 0.29) is 11.7 Å². The first kappa shape index (κ1) is 14.3. The largest absolute Gasteiger partial charge is 0.485 e. The van der Waals surface area contributed by atoms with Crippen LogP contribution in [0.1, 0.15) is 9.67 Å². The van der Waals surface area contributed by atoms with Crippen molar-refractivity contribution < 1.29 is 18.7 Å². The van der Waals surface area contributed by atoms with E-state index in [2.05, 4.69) is 0 Å². The number of nitrogens with zero attached hydrogens (tertiary/aromatic N) is 2. The Kier molecular flexibility index (Phi) is 3.37. The van der Waals surface area contributed by atoms with Crippen LogP contribution in [0.2, 0.25) is 0 Å². The quantitative estimate of drug-likeness (QED) is 0.804. The topological polar surface area (TPSA) is 42.0 Å². The number of carbonyl (C=O) groups excluding carboxylic acids is 1. The van der Waals surface area contributed by atoms with E-state index in [1.165, 1.54) is 23.5 Å². The van der Waals surface area contributed by atoms with Crippen molar-refractivity contribution in [3.05, 3.63) is 34.3 Å². The zero-order chi connectivity index (χ0) is 16.0. The molecular formula is C16H15FN2O3S. The summed E-state index contributed by atoms with van der Waals surface area (Å²) >= 11 is 1.30. The van der Waals surface area contributed by atoms with Crippen molar-refractivity contribution in [2.45, 2.75) is 0 Å². The molecule has 23 heavy (non-hydrogen) atoms. The standard InChI is InChI=1S/C16H15FN2O3S/c1-18-4-5-19(12-8-10(17)2-3-11(12)18)16(20)15-14-13(9-23-15)21-6-7-22-14/h2-3,8-9H,4-7H2,1H3. The number of likely N-dealkylation sites (N-methyl/N-ethyl adjacent to an activating group) is 1. The maximum absolute atomic E-state index is 13.7. The van der Waals surface area contributed by atoms with Gasteiger partial charge in [-0.05, 0) is 18.2 Å². The fourth-order valence-electron chi connectivity index (χ4n) is 2.87. The third-order valence-electron chi connectivity index (χ3n) is 4.04. The van der Waals surface area contributed by atoms with E-state index in [0.29, 0.717) is 48.4 Å². The van der Waals surface area contributed by atoms with Gasteiger partial charge in [-0.25, -0.2) is 4.39 Å². The van der Waals surface area contributed by atoms with Gasteiger partial charge in [0.25, 0.3) is 5.91 Å². The summed E-state index contributed by atoms with van der Waals surface area (Å²) in [4.78, 5) is 17.1. The first-order valence-corrected chi connectivity index (χ1v) is 8.23. The summed E-state index contributed by atoms with van der Waals surface area (Å²) in [6.45, 7) is 2.10. The lowest BCUT2D eigenvalue weighted by molar-refractivity contribution is 0.0981. The second-order valence-corrected chi connectivity index (χ2v) is 6.35. The zero-order valence-electron chi connectivity index (χ0n) is 12.5. The van der Waals surface area contributed by atoms with Crippen LogP contribution in [-0.2, 0) is 0 Å². The number of carbonyl (C=O) groups is 1. The molecule has 2 aromatic rings. The van der Waals surface area contributed by atoms with Gasteiger partial charge in [0.1, 0.15) is 23.9 Å². The van der Waals surface area contributed by atoms with Gasteiger partial charge in [0, 0.05) is 25.5 Å². The third-order valence-corrected chi connectivity index (χ3v) is 4.97. The highest BCUT2D eigenvalue weighted by Gasteiger charge is 2.31. The van der Waals surface area contributed by atoms with Gasteiger partial charge < -0.3 is 19.3 Å². The van der Waals surface area contributed by atoms with Gasteiger partial charge in [0.05, 0.1) is 11.4 Å². The minimum atomic E-state index is -0.357. The summed E-state index contributed by atoms with van der Waals surface area (Å²) in [5, 5.41) is 1.78. The second kappa shape index (κ2) is 5.42. The fraction of sp³-hybridized carbons (Fsp3) is 0.312. The van der Waals surface area contributed by atoms with Crippen molar-refractivity contribution in [2.24, 2.45) is 0 Å². The summed E-state index contributed by atoms with van der Waals surface area (Å²) in [5.41, 5.74) is 1.43. The predicted molar refractivity (Wildman–Crippen MR) is 86.7 cm³/mol. The van der Waals surface area contributed by atoms with Gasteiger partial charge in [-0.3, -0.25) is 4.79 Å². The highest BCUT2D eigenvalue weighted by Crippen LogP contribution is 2.42. The van der Waals surface area contributed by atoms with Crippen LogP contribution in [0.25, 0.3) is 0 Å². The van der Waals surface area contributed by atoms with E-state index < -0.39 is 0 Å². The summed E-state index contributed by atoms with van der Waals surface area (Å²) in [5.74, 6) is 0.577. The number of halogens is 1. The van der Waals surface area contributed by atoms with Crippen LogP contribution in [0.5, 0.6) is 11.5 Å². The first-order chi connectivity index (χ1) is 11.1. The van der Waals surface area contributed by atoms with Crippen molar-refractivity contribution in [2.75, 3.05) is 43.2 Å². The average Bonchev–Trinajstić information content (AvgIpc) is 2.98. The normalized spacial score (nSPS) is 16.3. The van der Waals surface area contributed by atoms with Gasteiger partial charge in [-0.15, -0.1) is 11.3 Å². The van der Waals surface area contributed by atoms with Crippen LogP contribution in [0.4, 0.5) is 15.8 Å². The average molecular weight is 334 g/mol. The molecule has 2 aliphatic heterocycles. The van der Waals surface area contributed by atoms with E-state index in [4.69, 9.17) is 9.47 Å². The van der Waals surface area contributed by atoms with Crippen LogP contribution in [-0.4, -0.2) is 39.3 Å². The summed E-state index contributed by atoms with van der Waals surface area (Å²) in [6.07, 6.45) is 0. The minimum Gasteiger partial charge on any atom is -0.485 e. The van der Waals surface area contributed by atoms with E-state index in [0.717, 1.165) is 5.69 Å². The number of amides is 1. The molecule has 4 rings (SSSR count). The number of ether oxygens (including phenoxy) is 2. The molecule has 0 radical (unpaired) electrons. The number of hydrogen-bond acceptors (Lipinski definition) is 5. The Labute approximate surface area is 136 Å². The molecule has 120 valence electrons. The number of thiophene rings is 1. The number of fused-ring (bicyclic) bond motifs is 2. The first-order valence-electron chi connectivity index (χ1n) is 7.35. The lowest BCUT2D eigenvalue weighted by atomic mass is 10.1. The molecule has 1 aromatic carbocycles. The lowest BCUT2D eigenvalue weighted by Gasteiger charge is -2.35. The molecule has 0 N–H and O–H groups in total. The maximum atomic E-state index is 13.7. The summed E-state index contributed by atoms with van der Waals surface area (Å²) in [7, 11) is 1.93. The van der Waals surface area contributed by atoms with Crippen LogP contribution in [0, 0.1) is 5.82 Å². The molecule has 0 bridgehead atoms. The summed E-state index contributed by atoms with van der Waals surface area (Å²) in [6, 6.07) is 4.52. The van der Waals surface area contributed by atoms with E-state index in [9.17, 15) is 9.18 Å². The number of rotatable bonds is 1. The van der Waals surface area contributed by atoms with Gasteiger partial charge in [0.15, 0.2) is 11.5 Å². The van der Waals surface area contributed by atoms with E-state index in [1.54, 1.807) is 16.3 Å². The molecule has 0 saturated heterocycles. The van der Waals surface area contributed by atoms with Crippen LogP contribution in [0.3, 0.4) is 0 Å². The third kappa shape index (κ3) is 2.31. The number of hydrogen-bond donors (Lipinski definition) is 0. The smallest absolute Gasteiger partial charge is 0.272 e. The Balaban J connectivity index is 1.74. The molecule has 0 aliphatic carbocycles. The molecule has 1 aromatic heterocycles. The van der Waals surface area contributed by atoms with Crippen molar-refractivity contribution in [1.29, 1.82) is 0 Å². The molecule has 0 fully saturated rings. The molecule has 5 nitrogen and oxygen atoms in total. The Morgan fingerprint density at radius 2 is 2.04 bits per heavy atom. The molecule has 7 heteroatoms. The van der Waals surface area contributed by atoms with Crippen molar-refractivity contribution in [3.8, 4) is 11.5 Å². The summed E-state index contributed by atoms with van der Waals surface area (Å²) < 4.78 is 24.8. The second-order valence-electron chi connectivity index (χ2n) is 5.47. The van der Waals surface area contributed by atoms with Gasteiger partial charge >= 0.3 is 0 Å². The molecule has 1 amide bonds. The van der Waals surface area contributed by atoms with Crippen LogP contribution in [0.15, 0.2) is 23.6 Å². The fourth-order valence-corrected chi connectivity index (χ4v) is 3.75. The lowest BCUT2D eigenvalue weighted by Crippen LogP contribution is -2.42. The molecule has 0 spiro atoms. The Hall–Kier alpha value is -2.28. The molecule has 0 unspecified atom stereocenters. The molecule has 2 aliphatic rings. The molecular weight excluding hydrogens is 319 g/mol. The minimum absolute atomic E-state index is 0.179. The molecule has 3 heterocycles. The Morgan fingerprint density at radius 3 is 2.91 bits per heavy atom. The monoisotopic (exact) mass is 334 g/mol. The van der Waals surface area contributed by atoms with Gasteiger partial charge in [-0.1, -0.05) is 0 Å². The van der Waals surface area contributed by atoms with Gasteiger partial charge in [0.2, 0.25) is 0 Å². The predicted octanol–water partition coefficient (Wildman–Crippen LogP) is 2.76. The molecule has 0 atom stereocenters. The van der Waals surface area contributed by atoms with Crippen molar-refractivity contribution >= 4 is 28.6 Å². The maximum Gasteiger partial charge on any atom is 0.272 e. The number of benzene rings is 1.